The van der Waals surface area contributed by atoms with Crippen LogP contribution in [0.5, 0.6) is 0 Å². The highest BCUT2D eigenvalue weighted by Gasteiger charge is 2.18. The lowest BCUT2D eigenvalue weighted by molar-refractivity contribution is -0.127. The predicted octanol–water partition coefficient (Wildman–Crippen LogP) is 0.00400. The maximum Gasteiger partial charge on any atom is 0.239 e. The monoisotopic (exact) mass is 253 g/mol. The molecule has 0 bridgehead atoms. The average Bonchev–Trinajstić information content (AvgIpc) is 2.34. The van der Waals surface area contributed by atoms with E-state index in [1.807, 2.05) is 20.8 Å². The minimum atomic E-state index is -0.592. The number of amides is 2. The molecule has 0 aliphatic carbocycles. The van der Waals surface area contributed by atoms with Crippen molar-refractivity contribution >= 4 is 11.8 Å². The first-order chi connectivity index (χ1) is 8.42. The van der Waals surface area contributed by atoms with Crippen molar-refractivity contribution < 1.29 is 9.59 Å². The van der Waals surface area contributed by atoms with Crippen LogP contribution in [0.15, 0.2) is 0 Å². The van der Waals surface area contributed by atoms with Crippen molar-refractivity contribution in [3.63, 3.8) is 0 Å². The van der Waals surface area contributed by atoms with Crippen molar-refractivity contribution in [3.8, 4) is 12.3 Å². The van der Waals surface area contributed by atoms with Crippen LogP contribution in [0, 0.1) is 18.3 Å². The van der Waals surface area contributed by atoms with Crippen LogP contribution in [-0.4, -0.2) is 30.4 Å². The van der Waals surface area contributed by atoms with Crippen molar-refractivity contribution in [1.82, 2.24) is 10.6 Å². The number of hydrogen-bond donors (Lipinski definition) is 3. The largest absolute Gasteiger partial charge is 0.351 e. The molecular formula is C13H23N3O2. The SMILES string of the molecule is C#CCC(CC)NC(=O)CNC(=O)[C@@H](N)C(C)C. The third-order valence-corrected chi connectivity index (χ3v) is 2.67. The van der Waals surface area contributed by atoms with E-state index in [1.54, 1.807) is 0 Å². The topological polar surface area (TPSA) is 84.2 Å². The van der Waals surface area contributed by atoms with E-state index in [2.05, 4.69) is 16.6 Å². The second-order valence-corrected chi connectivity index (χ2v) is 4.57. The molecule has 5 heteroatoms. The summed E-state index contributed by atoms with van der Waals surface area (Å²) in [5, 5.41) is 5.26. The van der Waals surface area contributed by atoms with Gasteiger partial charge in [-0.1, -0.05) is 20.8 Å². The number of carbonyl (C=O) groups is 2. The van der Waals surface area contributed by atoms with Crippen LogP contribution < -0.4 is 16.4 Å². The molecule has 18 heavy (non-hydrogen) atoms. The van der Waals surface area contributed by atoms with Gasteiger partial charge in [0.25, 0.3) is 0 Å². The maximum atomic E-state index is 11.5. The van der Waals surface area contributed by atoms with Crippen molar-refractivity contribution in [3.05, 3.63) is 0 Å². The lowest BCUT2D eigenvalue weighted by Gasteiger charge is -2.17. The van der Waals surface area contributed by atoms with Gasteiger partial charge in [-0.15, -0.1) is 12.3 Å². The zero-order chi connectivity index (χ0) is 14.1. The number of nitrogens with one attached hydrogen (secondary N) is 2. The Bertz CT molecular complexity index is 321. The summed E-state index contributed by atoms with van der Waals surface area (Å²) in [6.07, 6.45) is 6.44. The molecule has 0 aromatic heterocycles. The Morgan fingerprint density at radius 2 is 2.00 bits per heavy atom. The van der Waals surface area contributed by atoms with Gasteiger partial charge in [-0.05, 0) is 12.3 Å². The van der Waals surface area contributed by atoms with Gasteiger partial charge in [0.1, 0.15) is 0 Å². The number of terminal acetylenes is 1. The van der Waals surface area contributed by atoms with Gasteiger partial charge in [-0.2, -0.15) is 0 Å². The molecule has 0 aliphatic heterocycles. The van der Waals surface area contributed by atoms with Gasteiger partial charge in [-0.25, -0.2) is 0 Å². The van der Waals surface area contributed by atoms with Gasteiger partial charge < -0.3 is 16.4 Å². The summed E-state index contributed by atoms with van der Waals surface area (Å²) in [5.41, 5.74) is 5.65. The van der Waals surface area contributed by atoms with Gasteiger partial charge >= 0.3 is 0 Å². The normalized spacial score (nSPS) is 13.6. The highest BCUT2D eigenvalue weighted by atomic mass is 16.2. The van der Waals surface area contributed by atoms with Crippen LogP contribution in [0.2, 0.25) is 0 Å². The quantitative estimate of drug-likeness (QED) is 0.559. The molecule has 0 aromatic rings. The lowest BCUT2D eigenvalue weighted by atomic mass is 10.1. The zero-order valence-electron chi connectivity index (χ0n) is 11.3. The molecule has 0 spiro atoms. The van der Waals surface area contributed by atoms with E-state index < -0.39 is 6.04 Å². The van der Waals surface area contributed by atoms with E-state index in [1.165, 1.54) is 0 Å². The third-order valence-electron chi connectivity index (χ3n) is 2.67. The minimum Gasteiger partial charge on any atom is -0.351 e. The number of nitrogens with two attached hydrogens (primary N) is 1. The Morgan fingerprint density at radius 1 is 1.39 bits per heavy atom. The summed E-state index contributed by atoms with van der Waals surface area (Å²) in [7, 11) is 0. The summed E-state index contributed by atoms with van der Waals surface area (Å²) >= 11 is 0. The average molecular weight is 253 g/mol. The molecule has 0 rings (SSSR count). The van der Waals surface area contributed by atoms with Gasteiger partial charge in [0.05, 0.1) is 12.6 Å². The standard InChI is InChI=1S/C13H23N3O2/c1-5-7-10(6-2)16-11(17)8-15-13(18)12(14)9(3)4/h1,9-10,12H,6-8,14H2,2-4H3,(H,15,18)(H,16,17)/t10?,12-/m0/s1. The van der Waals surface area contributed by atoms with Gasteiger partial charge in [0.2, 0.25) is 11.8 Å². The maximum absolute atomic E-state index is 11.5. The summed E-state index contributed by atoms with van der Waals surface area (Å²) < 4.78 is 0. The summed E-state index contributed by atoms with van der Waals surface area (Å²) in [6, 6.07) is -0.636. The van der Waals surface area contributed by atoms with E-state index >= 15 is 0 Å². The summed E-state index contributed by atoms with van der Waals surface area (Å²) in [4.78, 5) is 23.1. The van der Waals surface area contributed by atoms with E-state index in [9.17, 15) is 9.59 Å². The number of hydrogen-bond acceptors (Lipinski definition) is 3. The molecule has 0 saturated carbocycles. The van der Waals surface area contributed by atoms with Gasteiger partial charge in [-0.3, -0.25) is 9.59 Å². The van der Waals surface area contributed by atoms with Crippen LogP contribution in [-0.2, 0) is 9.59 Å². The van der Waals surface area contributed by atoms with E-state index in [4.69, 9.17) is 12.2 Å². The van der Waals surface area contributed by atoms with Crippen LogP contribution >= 0.6 is 0 Å². The van der Waals surface area contributed by atoms with Gasteiger partial charge in [0.15, 0.2) is 0 Å². The molecule has 0 saturated heterocycles. The van der Waals surface area contributed by atoms with Crippen molar-refractivity contribution in [2.75, 3.05) is 6.54 Å². The summed E-state index contributed by atoms with van der Waals surface area (Å²) in [5.74, 6) is 1.98. The first kappa shape index (κ1) is 16.5. The Labute approximate surface area is 109 Å². The molecule has 0 aromatic carbocycles. The minimum absolute atomic E-state index is 0.0397. The highest BCUT2D eigenvalue weighted by molar-refractivity contribution is 5.87. The number of rotatable bonds is 7. The molecule has 0 heterocycles. The molecule has 2 atom stereocenters. The Kier molecular flexibility index (Phi) is 7.81. The Morgan fingerprint density at radius 3 is 2.44 bits per heavy atom. The molecule has 4 N–H and O–H groups in total. The summed E-state index contributed by atoms with van der Waals surface area (Å²) in [6.45, 7) is 5.57. The fourth-order valence-corrected chi connectivity index (χ4v) is 1.31. The van der Waals surface area contributed by atoms with E-state index in [-0.39, 0.29) is 30.3 Å². The smallest absolute Gasteiger partial charge is 0.239 e. The molecule has 0 radical (unpaired) electrons. The predicted molar refractivity (Wildman–Crippen MR) is 71.5 cm³/mol. The highest BCUT2D eigenvalue weighted by Crippen LogP contribution is 1.98. The zero-order valence-corrected chi connectivity index (χ0v) is 11.3. The second-order valence-electron chi connectivity index (χ2n) is 4.57. The molecule has 1 unspecified atom stereocenters. The fourth-order valence-electron chi connectivity index (χ4n) is 1.31. The first-order valence-corrected chi connectivity index (χ1v) is 6.18. The van der Waals surface area contributed by atoms with Crippen molar-refractivity contribution in [2.45, 2.75) is 45.7 Å². The third kappa shape index (κ3) is 6.26. The van der Waals surface area contributed by atoms with E-state index in [0.29, 0.717) is 6.42 Å². The van der Waals surface area contributed by atoms with Crippen LogP contribution in [0.1, 0.15) is 33.6 Å². The second kappa shape index (κ2) is 8.54. The van der Waals surface area contributed by atoms with Crippen molar-refractivity contribution in [2.24, 2.45) is 11.7 Å². The number of carbonyl (C=O) groups excluding carboxylic acids is 2. The van der Waals surface area contributed by atoms with Crippen molar-refractivity contribution in [1.29, 1.82) is 0 Å². The molecule has 0 fully saturated rings. The molecule has 102 valence electrons. The molecule has 0 aliphatic rings. The Hall–Kier alpha value is -1.54. The van der Waals surface area contributed by atoms with Crippen LogP contribution in [0.3, 0.4) is 0 Å². The van der Waals surface area contributed by atoms with Crippen LogP contribution in [0.25, 0.3) is 0 Å². The van der Waals surface area contributed by atoms with Crippen LogP contribution in [0.4, 0.5) is 0 Å². The Balaban J connectivity index is 4.04. The van der Waals surface area contributed by atoms with E-state index in [0.717, 1.165) is 6.42 Å². The van der Waals surface area contributed by atoms with Gasteiger partial charge in [0, 0.05) is 12.5 Å². The molecule has 5 nitrogen and oxygen atoms in total. The molecule has 2 amide bonds. The first-order valence-electron chi connectivity index (χ1n) is 6.18. The fraction of sp³-hybridized carbons (Fsp3) is 0.692. The lowest BCUT2D eigenvalue weighted by Crippen LogP contribution is -2.48. The molecular weight excluding hydrogens is 230 g/mol.